The summed E-state index contributed by atoms with van der Waals surface area (Å²) in [5.74, 6) is -1.91. The van der Waals surface area contributed by atoms with Gasteiger partial charge in [0.25, 0.3) is 0 Å². The summed E-state index contributed by atoms with van der Waals surface area (Å²) in [6, 6.07) is -0.388. The minimum absolute atomic E-state index is 0.0168. The number of unbranched alkanes of at least 4 members (excludes halogenated alkanes) is 4. The quantitative estimate of drug-likeness (QED) is 0.0749. The van der Waals surface area contributed by atoms with Crippen LogP contribution in [0.15, 0.2) is 23.9 Å². The second-order valence-electron chi connectivity index (χ2n) is 15.7. The number of allylic oxidation sites excluding steroid dienone is 2. The highest BCUT2D eigenvalue weighted by atomic mass is 16.5. The maximum Gasteiger partial charge on any atom is 0.320 e. The summed E-state index contributed by atoms with van der Waals surface area (Å²) in [6.45, 7) is 19.3. The van der Waals surface area contributed by atoms with E-state index in [0.717, 1.165) is 80.4 Å². The number of esters is 2. The van der Waals surface area contributed by atoms with Gasteiger partial charge in [0.05, 0.1) is 18.5 Å². The lowest BCUT2D eigenvalue weighted by Crippen LogP contribution is -2.38. The molecule has 0 aromatic carbocycles. The summed E-state index contributed by atoms with van der Waals surface area (Å²) < 4.78 is 11.1. The Bertz CT molecular complexity index is 2290. The SMILES string of the molecule is C=Cc1c2[nH]c(c1C)/C=C1\NC(C3=c4[nH]c(c(C)c4=C(O)[C@@H]3C(=O)OC)/C=c3\[nH]/c(c(C)c3CC)=C\2)[C@@H](CCC(=O)OC/C=C(\C)CCCCCCC)[C@@H]1C. The fourth-order valence-electron chi connectivity index (χ4n) is 9.02. The van der Waals surface area contributed by atoms with Crippen LogP contribution in [0.2, 0.25) is 0 Å². The molecule has 294 valence electrons. The topological polar surface area (TPSA) is 132 Å². The monoisotopic (exact) mass is 748 g/mol. The molecule has 9 nitrogen and oxygen atoms in total. The van der Waals surface area contributed by atoms with Crippen molar-refractivity contribution in [3.8, 4) is 0 Å². The first-order valence-corrected chi connectivity index (χ1v) is 20.2. The van der Waals surface area contributed by atoms with E-state index in [9.17, 15) is 14.7 Å². The van der Waals surface area contributed by atoms with E-state index in [4.69, 9.17) is 9.47 Å². The number of ether oxygens (including phenoxy) is 2. The van der Waals surface area contributed by atoms with Crippen molar-refractivity contribution in [3.63, 3.8) is 0 Å². The van der Waals surface area contributed by atoms with E-state index in [2.05, 4.69) is 86.6 Å². The van der Waals surface area contributed by atoms with Crippen LogP contribution >= 0.6 is 0 Å². The number of aromatic amines is 3. The Kier molecular flexibility index (Phi) is 12.2. The predicted molar refractivity (Wildman–Crippen MR) is 222 cm³/mol. The van der Waals surface area contributed by atoms with Crippen molar-refractivity contribution in [2.24, 2.45) is 17.8 Å². The normalized spacial score (nSPS) is 22.3. The average Bonchev–Trinajstić information content (AvgIpc) is 3.90. The molecular formula is C46H60N4O5. The summed E-state index contributed by atoms with van der Waals surface area (Å²) in [5, 5.41) is 19.0. The molecule has 3 aliphatic rings. The Morgan fingerprint density at radius 1 is 0.909 bits per heavy atom. The van der Waals surface area contributed by atoms with Crippen LogP contribution in [0.4, 0.5) is 0 Å². The minimum atomic E-state index is -0.988. The van der Waals surface area contributed by atoms with Crippen LogP contribution in [0.1, 0.15) is 124 Å². The average molecular weight is 749 g/mol. The summed E-state index contributed by atoms with van der Waals surface area (Å²) in [5.41, 5.74) is 11.0. The van der Waals surface area contributed by atoms with Crippen LogP contribution in [0.25, 0.3) is 35.6 Å². The molecule has 0 amide bonds. The van der Waals surface area contributed by atoms with E-state index < -0.39 is 11.9 Å². The molecule has 55 heavy (non-hydrogen) atoms. The van der Waals surface area contributed by atoms with Gasteiger partial charge in [-0.3, -0.25) is 9.59 Å². The Labute approximate surface area is 325 Å². The molecule has 3 aromatic rings. The van der Waals surface area contributed by atoms with E-state index in [-0.39, 0.29) is 42.6 Å². The van der Waals surface area contributed by atoms with E-state index in [1.807, 2.05) is 19.1 Å². The number of H-pyrrole nitrogens is 3. The fourth-order valence-corrected chi connectivity index (χ4v) is 9.02. The van der Waals surface area contributed by atoms with Gasteiger partial charge in [0.2, 0.25) is 0 Å². The minimum Gasteiger partial charge on any atom is -0.510 e. The zero-order chi connectivity index (χ0) is 39.6. The van der Waals surface area contributed by atoms with Crippen molar-refractivity contribution < 1.29 is 24.2 Å². The summed E-state index contributed by atoms with van der Waals surface area (Å²) in [7, 11) is 1.36. The third kappa shape index (κ3) is 7.67. The second kappa shape index (κ2) is 16.8. The molecule has 3 aromatic heterocycles. The van der Waals surface area contributed by atoms with Crippen LogP contribution in [0, 0.1) is 38.5 Å². The molecule has 0 radical (unpaired) electrons. The maximum atomic E-state index is 13.6. The van der Waals surface area contributed by atoms with Crippen molar-refractivity contribution in [1.82, 2.24) is 20.3 Å². The molecule has 8 bridgehead atoms. The van der Waals surface area contributed by atoms with Gasteiger partial charge in [-0.2, -0.15) is 0 Å². The van der Waals surface area contributed by atoms with Gasteiger partial charge in [0, 0.05) is 56.6 Å². The zero-order valence-corrected chi connectivity index (χ0v) is 34.1. The number of rotatable bonds is 14. The lowest BCUT2D eigenvalue weighted by molar-refractivity contribution is -0.143. The molecule has 5 heterocycles. The highest BCUT2D eigenvalue weighted by Gasteiger charge is 2.47. The number of methoxy groups -OCH3 is 1. The number of hydrogen-bond donors (Lipinski definition) is 5. The molecule has 4 atom stereocenters. The largest absolute Gasteiger partial charge is 0.510 e. The van der Waals surface area contributed by atoms with Crippen molar-refractivity contribution >= 4 is 47.6 Å². The lowest BCUT2D eigenvalue weighted by atomic mass is 9.80. The van der Waals surface area contributed by atoms with E-state index in [1.54, 1.807) is 0 Å². The van der Waals surface area contributed by atoms with Crippen molar-refractivity contribution in [2.75, 3.05) is 13.7 Å². The number of carbonyl (C=O) groups excluding carboxylic acids is 2. The lowest BCUT2D eigenvalue weighted by Gasteiger charge is -2.26. The number of nitrogens with one attached hydrogen (secondary N) is 4. The molecule has 5 N–H and O–H groups in total. The van der Waals surface area contributed by atoms with E-state index in [1.165, 1.54) is 49.5 Å². The number of fused-ring (bicyclic) bond motifs is 8. The highest BCUT2D eigenvalue weighted by Crippen LogP contribution is 2.42. The van der Waals surface area contributed by atoms with Crippen molar-refractivity contribution in [2.45, 2.75) is 112 Å². The van der Waals surface area contributed by atoms with Crippen molar-refractivity contribution in [3.05, 3.63) is 90.1 Å². The first-order valence-electron chi connectivity index (χ1n) is 20.2. The molecule has 0 saturated carbocycles. The van der Waals surface area contributed by atoms with Gasteiger partial charge in [-0.25, -0.2) is 0 Å². The Hall–Kier alpha value is -4.92. The van der Waals surface area contributed by atoms with Gasteiger partial charge in [-0.05, 0) is 111 Å². The molecule has 0 spiro atoms. The maximum absolute atomic E-state index is 13.6. The first-order chi connectivity index (χ1) is 26.4. The zero-order valence-electron chi connectivity index (χ0n) is 34.1. The molecule has 1 saturated heterocycles. The van der Waals surface area contributed by atoms with Crippen LogP contribution in [-0.4, -0.2) is 51.8 Å². The molecular weight excluding hydrogens is 689 g/mol. The Morgan fingerprint density at radius 2 is 1.64 bits per heavy atom. The Morgan fingerprint density at radius 3 is 2.35 bits per heavy atom. The number of aliphatic hydroxyl groups excluding tert-OH is 1. The van der Waals surface area contributed by atoms with Gasteiger partial charge in [0.15, 0.2) is 0 Å². The smallest absolute Gasteiger partial charge is 0.320 e. The third-order valence-corrected chi connectivity index (χ3v) is 12.4. The summed E-state index contributed by atoms with van der Waals surface area (Å²) in [6.07, 6.45) is 19.1. The van der Waals surface area contributed by atoms with E-state index in [0.29, 0.717) is 11.6 Å². The van der Waals surface area contributed by atoms with Gasteiger partial charge >= 0.3 is 11.9 Å². The van der Waals surface area contributed by atoms with Gasteiger partial charge in [-0.1, -0.05) is 64.7 Å². The second-order valence-corrected chi connectivity index (χ2v) is 15.7. The third-order valence-electron chi connectivity index (χ3n) is 12.4. The Balaban J connectivity index is 1.43. The standard InChI is InChI=1S/C46H60N4O5/c1-10-13-14-15-16-17-25(4)20-21-55-39(51)19-18-32-28(7)35-22-33-26(5)30(11-2)37(47-33)23-34-27(6)31(12-3)38(48-34)24-36-29(8)40-44(50-36)41(43(32)49-35)42(45(40)52)46(53)54-9/h11,20,22-24,28,32,42-43,47-50,52H,2,10,12-19,21H2,1,3-9H3/b25-20+,34-23-,35-22-,38-24-/t28-,32-,42+,43?/m0/s1. The van der Waals surface area contributed by atoms with E-state index >= 15 is 0 Å². The van der Waals surface area contributed by atoms with Crippen molar-refractivity contribution in [1.29, 1.82) is 0 Å². The molecule has 9 heteroatoms. The predicted octanol–water partition coefficient (Wildman–Crippen LogP) is 6.29. The molecule has 6 rings (SSSR count). The van der Waals surface area contributed by atoms with Gasteiger partial charge < -0.3 is 34.8 Å². The molecule has 2 aliphatic heterocycles. The molecule has 1 unspecified atom stereocenters. The van der Waals surface area contributed by atoms with Crippen LogP contribution in [-0.2, 0) is 25.5 Å². The number of aromatic nitrogens is 3. The number of carbonyl (C=O) groups is 2. The first kappa shape index (κ1) is 39.8. The van der Waals surface area contributed by atoms with Crippen LogP contribution in [0.3, 0.4) is 0 Å². The summed E-state index contributed by atoms with van der Waals surface area (Å²) >= 11 is 0. The van der Waals surface area contributed by atoms with Crippen LogP contribution < -0.4 is 26.6 Å². The number of hydrogen-bond acceptors (Lipinski definition) is 6. The molecule has 1 fully saturated rings. The highest BCUT2D eigenvalue weighted by molar-refractivity contribution is 5.95. The molecule has 1 aliphatic carbocycles. The summed E-state index contributed by atoms with van der Waals surface area (Å²) in [4.78, 5) is 37.8. The number of aliphatic hydroxyl groups is 1. The fraction of sp³-hybridized carbons (Fsp3) is 0.478. The van der Waals surface area contributed by atoms with Gasteiger partial charge in [0.1, 0.15) is 18.3 Å². The van der Waals surface area contributed by atoms with Crippen LogP contribution in [0.5, 0.6) is 0 Å². The van der Waals surface area contributed by atoms with Gasteiger partial charge in [-0.15, -0.1) is 0 Å².